The zero-order valence-corrected chi connectivity index (χ0v) is 11.0. The summed E-state index contributed by atoms with van der Waals surface area (Å²) in [6.07, 6.45) is 0.426. The molecule has 0 saturated heterocycles. The van der Waals surface area contributed by atoms with Gasteiger partial charge in [0.15, 0.2) is 5.78 Å². The van der Waals surface area contributed by atoms with E-state index in [0.717, 1.165) is 3.57 Å². The summed E-state index contributed by atoms with van der Waals surface area (Å²) in [7, 11) is 0. The van der Waals surface area contributed by atoms with Gasteiger partial charge in [-0.1, -0.05) is 15.9 Å². The third-order valence-electron chi connectivity index (χ3n) is 1.72. The number of carbonyl (C=O) groups is 1. The third kappa shape index (κ3) is 2.79. The molecule has 0 aromatic heterocycles. The van der Waals surface area contributed by atoms with Crippen molar-refractivity contribution in [3.05, 3.63) is 32.9 Å². The monoisotopic (exact) mass is 363 g/mol. The summed E-state index contributed by atoms with van der Waals surface area (Å²) in [5.41, 5.74) is 0.982. The Labute approximate surface area is 105 Å². The number of alkyl halides is 1. The molecule has 14 heavy (non-hydrogen) atoms. The van der Waals surface area contributed by atoms with Crippen molar-refractivity contribution in [2.45, 2.75) is 6.42 Å². The topological polar surface area (TPSA) is 40.9 Å². The van der Waals surface area contributed by atoms with Crippen molar-refractivity contribution in [2.75, 3.05) is 5.33 Å². The number of benzene rings is 1. The number of carbonyl (C=O) groups excluding carboxylic acids is 1. The summed E-state index contributed by atoms with van der Waals surface area (Å²) in [4.78, 5) is 11.6. The molecule has 1 rings (SSSR count). The zero-order chi connectivity index (χ0) is 10.6. The zero-order valence-electron chi connectivity index (χ0n) is 7.26. The summed E-state index contributed by atoms with van der Waals surface area (Å²) >= 11 is 5.32. The van der Waals surface area contributed by atoms with Gasteiger partial charge in [0.25, 0.3) is 0 Å². The average molecular weight is 364 g/mol. The lowest BCUT2D eigenvalue weighted by molar-refractivity contribution is 0.0989. The summed E-state index contributed by atoms with van der Waals surface area (Å²) in [5.74, 6) is 0.00910. The number of hydrogen-bond donors (Lipinski definition) is 0. The molecule has 0 N–H and O–H groups in total. The highest BCUT2D eigenvalue weighted by Gasteiger charge is 2.10. The van der Waals surface area contributed by atoms with Gasteiger partial charge in [0.1, 0.15) is 0 Å². The van der Waals surface area contributed by atoms with Crippen LogP contribution in [-0.2, 0) is 0 Å². The van der Waals surface area contributed by atoms with Gasteiger partial charge in [0.05, 0.1) is 11.6 Å². The maximum Gasteiger partial charge on any atom is 0.165 e. The standard InChI is InChI=1S/C10H7BrINO/c11-4-3-10(14)9-2-1-8(12)5-7(9)6-13/h1-2,5H,3-4H2. The van der Waals surface area contributed by atoms with Crippen LogP contribution < -0.4 is 0 Å². The Balaban J connectivity index is 3.09. The first kappa shape index (κ1) is 11.7. The highest BCUT2D eigenvalue weighted by molar-refractivity contribution is 14.1. The fourth-order valence-corrected chi connectivity index (χ4v) is 1.92. The largest absolute Gasteiger partial charge is 0.294 e. The number of rotatable bonds is 3. The smallest absolute Gasteiger partial charge is 0.165 e. The van der Waals surface area contributed by atoms with Crippen LogP contribution in [0, 0.1) is 14.9 Å². The van der Waals surface area contributed by atoms with Gasteiger partial charge >= 0.3 is 0 Å². The van der Waals surface area contributed by atoms with E-state index in [-0.39, 0.29) is 5.78 Å². The maximum atomic E-state index is 11.6. The highest BCUT2D eigenvalue weighted by atomic mass is 127. The minimum atomic E-state index is 0.00910. The molecular weight excluding hydrogens is 357 g/mol. The molecule has 0 fully saturated rings. The second-order valence-electron chi connectivity index (χ2n) is 2.66. The van der Waals surface area contributed by atoms with Crippen molar-refractivity contribution in [1.29, 1.82) is 5.26 Å². The molecule has 0 aliphatic heterocycles. The Bertz CT molecular complexity index is 398. The van der Waals surface area contributed by atoms with Crippen molar-refractivity contribution < 1.29 is 4.79 Å². The molecule has 0 aliphatic carbocycles. The molecule has 2 nitrogen and oxygen atoms in total. The van der Waals surface area contributed by atoms with E-state index >= 15 is 0 Å². The lowest BCUT2D eigenvalue weighted by Gasteiger charge is -2.01. The van der Waals surface area contributed by atoms with Gasteiger partial charge in [-0.05, 0) is 40.8 Å². The molecule has 4 heteroatoms. The van der Waals surface area contributed by atoms with Crippen LogP contribution in [0.2, 0.25) is 0 Å². The average Bonchev–Trinajstić information content (AvgIpc) is 2.17. The van der Waals surface area contributed by atoms with Crippen LogP contribution >= 0.6 is 38.5 Å². The normalized spacial score (nSPS) is 9.50. The van der Waals surface area contributed by atoms with Gasteiger partial charge in [0.2, 0.25) is 0 Å². The molecule has 0 unspecified atom stereocenters. The molecule has 1 aromatic rings. The molecule has 0 radical (unpaired) electrons. The molecule has 0 spiro atoms. The van der Waals surface area contributed by atoms with Gasteiger partial charge in [-0.2, -0.15) is 5.26 Å². The van der Waals surface area contributed by atoms with Crippen molar-refractivity contribution in [2.24, 2.45) is 0 Å². The first-order chi connectivity index (χ1) is 6.69. The van der Waals surface area contributed by atoms with Crippen LogP contribution in [0.4, 0.5) is 0 Å². The summed E-state index contributed by atoms with van der Waals surface area (Å²) in [5, 5.41) is 9.47. The quantitative estimate of drug-likeness (QED) is 0.470. The van der Waals surface area contributed by atoms with Crippen LogP contribution in [0.15, 0.2) is 18.2 Å². The van der Waals surface area contributed by atoms with Crippen molar-refractivity contribution in [1.82, 2.24) is 0 Å². The third-order valence-corrected chi connectivity index (χ3v) is 2.79. The number of nitrogens with zero attached hydrogens (tertiary/aromatic N) is 1. The van der Waals surface area contributed by atoms with Gasteiger partial charge in [0, 0.05) is 20.9 Å². The molecular formula is C10H7BrINO. The minimum Gasteiger partial charge on any atom is -0.294 e. The van der Waals surface area contributed by atoms with Crippen LogP contribution in [-0.4, -0.2) is 11.1 Å². The van der Waals surface area contributed by atoms with Crippen LogP contribution in [0.3, 0.4) is 0 Å². The Morgan fingerprint density at radius 2 is 2.29 bits per heavy atom. The summed E-state index contributed by atoms with van der Waals surface area (Å²) < 4.78 is 0.967. The van der Waals surface area contributed by atoms with E-state index in [2.05, 4.69) is 38.5 Å². The second-order valence-corrected chi connectivity index (χ2v) is 4.70. The number of nitriles is 1. The molecule has 72 valence electrons. The lowest BCUT2D eigenvalue weighted by Crippen LogP contribution is -2.02. The molecule has 0 aliphatic rings. The molecule has 0 saturated carbocycles. The van der Waals surface area contributed by atoms with Crippen LogP contribution in [0.5, 0.6) is 0 Å². The Morgan fingerprint density at radius 3 is 2.86 bits per heavy atom. The van der Waals surface area contributed by atoms with Crippen molar-refractivity contribution >= 4 is 44.3 Å². The molecule has 0 atom stereocenters. The number of halogens is 2. The molecule has 0 bridgehead atoms. The van der Waals surface area contributed by atoms with E-state index in [1.54, 1.807) is 12.1 Å². The van der Waals surface area contributed by atoms with E-state index in [1.165, 1.54) is 0 Å². The molecule has 0 heterocycles. The fourth-order valence-electron chi connectivity index (χ4n) is 1.07. The predicted molar refractivity (Wildman–Crippen MR) is 66.6 cm³/mol. The Morgan fingerprint density at radius 1 is 1.57 bits per heavy atom. The summed E-state index contributed by atoms with van der Waals surface area (Å²) in [6, 6.07) is 7.31. The number of hydrogen-bond acceptors (Lipinski definition) is 2. The van der Waals surface area contributed by atoms with Crippen LogP contribution in [0.25, 0.3) is 0 Å². The second kappa shape index (κ2) is 5.47. The van der Waals surface area contributed by atoms with Gasteiger partial charge in [-0.3, -0.25) is 4.79 Å². The molecule has 0 amide bonds. The van der Waals surface area contributed by atoms with Gasteiger partial charge in [-0.15, -0.1) is 0 Å². The number of Topliss-reactive ketones (excluding diaryl/α,β-unsaturated/α-hetero) is 1. The predicted octanol–water partition coefficient (Wildman–Crippen LogP) is 3.13. The lowest BCUT2D eigenvalue weighted by atomic mass is 10.0. The van der Waals surface area contributed by atoms with Crippen LogP contribution in [0.1, 0.15) is 22.3 Å². The van der Waals surface area contributed by atoms with Gasteiger partial charge < -0.3 is 0 Å². The Kier molecular flexibility index (Phi) is 4.55. The number of ketones is 1. The SMILES string of the molecule is N#Cc1cc(I)ccc1C(=O)CCBr. The minimum absolute atomic E-state index is 0.00910. The maximum absolute atomic E-state index is 11.6. The van der Waals surface area contributed by atoms with Crippen molar-refractivity contribution in [3.8, 4) is 6.07 Å². The molecule has 1 aromatic carbocycles. The van der Waals surface area contributed by atoms with E-state index in [1.807, 2.05) is 12.1 Å². The van der Waals surface area contributed by atoms with E-state index in [4.69, 9.17) is 5.26 Å². The van der Waals surface area contributed by atoms with Gasteiger partial charge in [-0.25, -0.2) is 0 Å². The van der Waals surface area contributed by atoms with E-state index in [9.17, 15) is 4.79 Å². The fraction of sp³-hybridized carbons (Fsp3) is 0.200. The first-order valence-electron chi connectivity index (χ1n) is 3.98. The van der Waals surface area contributed by atoms with E-state index < -0.39 is 0 Å². The van der Waals surface area contributed by atoms with Crippen molar-refractivity contribution in [3.63, 3.8) is 0 Å². The van der Waals surface area contributed by atoms with E-state index in [0.29, 0.717) is 22.9 Å². The Hall–Kier alpha value is -0.410. The first-order valence-corrected chi connectivity index (χ1v) is 6.18. The highest BCUT2D eigenvalue weighted by Crippen LogP contribution is 2.15. The summed E-state index contributed by atoms with van der Waals surface area (Å²) in [6.45, 7) is 0.